The summed E-state index contributed by atoms with van der Waals surface area (Å²) in [5, 5.41) is 14.3. The molecule has 2 aromatic carbocycles. The fourth-order valence-electron chi connectivity index (χ4n) is 6.83. The molecule has 8 heteroatoms. The van der Waals surface area contributed by atoms with E-state index in [1.165, 1.54) is 22.3 Å². The van der Waals surface area contributed by atoms with Gasteiger partial charge in [0, 0.05) is 62.5 Å². The van der Waals surface area contributed by atoms with E-state index >= 15 is 0 Å². The van der Waals surface area contributed by atoms with E-state index in [1.54, 1.807) is 11.0 Å². The molecule has 0 aliphatic carbocycles. The Balaban J connectivity index is 0.00000743. The van der Waals surface area contributed by atoms with Crippen molar-refractivity contribution in [3.05, 3.63) is 131 Å². The molecule has 0 saturated heterocycles. The van der Waals surface area contributed by atoms with E-state index < -0.39 is 0 Å². The topological polar surface area (TPSA) is 97.9 Å². The van der Waals surface area contributed by atoms with E-state index in [0.29, 0.717) is 5.56 Å². The first kappa shape index (κ1) is 47.9. The number of amides is 1. The molecule has 0 aromatic heterocycles. The maximum Gasteiger partial charge on any atom is 0.254 e. The summed E-state index contributed by atoms with van der Waals surface area (Å²) in [6.45, 7) is 29.4. The van der Waals surface area contributed by atoms with Crippen LogP contribution in [0.2, 0.25) is 0 Å². The Labute approximate surface area is 333 Å². The maximum atomic E-state index is 13.7. The fraction of sp³-hybridized carbons (Fsp3) is 0.426. The predicted molar refractivity (Wildman–Crippen MR) is 238 cm³/mol. The highest BCUT2D eigenvalue weighted by molar-refractivity contribution is 6.01. The second kappa shape index (κ2) is 25.1. The average molecular weight is 751 g/mol. The molecular formula is C47H70N6O2. The third-order valence-corrected chi connectivity index (χ3v) is 9.94. The Morgan fingerprint density at radius 2 is 1.71 bits per heavy atom. The maximum absolute atomic E-state index is 13.7. The largest absolute Gasteiger partial charge is 0.393 e. The van der Waals surface area contributed by atoms with Crippen LogP contribution in [0.4, 0.5) is 0 Å². The van der Waals surface area contributed by atoms with Crippen molar-refractivity contribution in [1.82, 2.24) is 26.3 Å². The molecule has 2 rings (SSSR count). The summed E-state index contributed by atoms with van der Waals surface area (Å²) in [4.78, 5) is 23.4. The summed E-state index contributed by atoms with van der Waals surface area (Å²) in [5.41, 5.74) is 14.9. The van der Waals surface area contributed by atoms with Crippen LogP contribution in [-0.2, 0) is 24.1 Å². The third kappa shape index (κ3) is 15.3. The van der Waals surface area contributed by atoms with Gasteiger partial charge in [-0.15, -0.1) is 6.58 Å². The average Bonchev–Trinajstić information content (AvgIpc) is 3.18. The van der Waals surface area contributed by atoms with Crippen LogP contribution < -0.4 is 21.4 Å². The van der Waals surface area contributed by atoms with E-state index in [0.717, 1.165) is 91.5 Å². The van der Waals surface area contributed by atoms with Crippen molar-refractivity contribution in [1.29, 1.82) is 0 Å². The highest BCUT2D eigenvalue weighted by atomic mass is 16.2. The molecule has 0 radical (unpaired) electrons. The van der Waals surface area contributed by atoms with Crippen LogP contribution in [0, 0.1) is 6.92 Å². The Hall–Kier alpha value is -5.11. The standard InChI is InChI=1S/C46H68N6O.CH2O/c1-14-37-25-24-36(29-43(37)45(53)52(13)41(17-4)26-23-34(6)48-11)21-19-27-46(8,9)51-35(7)20-18-22-42-33(5)28-40(30-38(42)15-2)44(32-47-10)39(16-3)31-50-49-12;1-2/h14,16-17,24-25,28-32,41,47-49,51H,1,4,6-7,15,18-23,26-27H2,2-3,5,8-13H3;1H2/b39-16-,44-32+,50-31-;. The SMILES string of the molecule is C=Cc1ccc(CCCC(C)(C)NC(=C)CCCc2c(C)cc(C(=C/NC)/C(/C=N\NC)=C\C)cc2CC)cc1C(=O)N(C)C(C=C)CCC(=C)NC.C=O. The van der Waals surface area contributed by atoms with Crippen LogP contribution in [0.5, 0.6) is 0 Å². The highest BCUT2D eigenvalue weighted by Crippen LogP contribution is 2.29. The molecule has 300 valence electrons. The third-order valence-electron chi connectivity index (χ3n) is 9.94. The first-order chi connectivity index (χ1) is 26.3. The van der Waals surface area contributed by atoms with Crippen molar-refractivity contribution in [2.45, 2.75) is 104 Å². The number of carbonyl (C=O) groups excluding carboxylic acids is 2. The number of hydrogen-bond donors (Lipinski definition) is 4. The van der Waals surface area contributed by atoms with Crippen LogP contribution in [-0.4, -0.2) is 63.6 Å². The summed E-state index contributed by atoms with van der Waals surface area (Å²) in [6.07, 6.45) is 17.9. The zero-order valence-electron chi connectivity index (χ0n) is 35.5. The predicted octanol–water partition coefficient (Wildman–Crippen LogP) is 9.09. The minimum atomic E-state index is -0.102. The second-order valence-electron chi connectivity index (χ2n) is 14.4. The summed E-state index contributed by atoms with van der Waals surface area (Å²) in [6, 6.07) is 10.7. The van der Waals surface area contributed by atoms with Gasteiger partial charge in [0.2, 0.25) is 0 Å². The Bertz CT molecular complexity index is 1680. The van der Waals surface area contributed by atoms with E-state index in [-0.39, 0.29) is 17.5 Å². The smallest absolute Gasteiger partial charge is 0.254 e. The van der Waals surface area contributed by atoms with Crippen LogP contribution >= 0.6 is 0 Å². The highest BCUT2D eigenvalue weighted by Gasteiger charge is 2.22. The molecule has 2 aromatic rings. The van der Waals surface area contributed by atoms with E-state index in [2.05, 4.69) is 105 Å². The molecule has 1 amide bonds. The van der Waals surface area contributed by atoms with E-state index in [9.17, 15) is 4.79 Å². The van der Waals surface area contributed by atoms with Crippen molar-refractivity contribution in [3.63, 3.8) is 0 Å². The Morgan fingerprint density at radius 3 is 2.29 bits per heavy atom. The number of rotatable bonds is 24. The lowest BCUT2D eigenvalue weighted by Crippen LogP contribution is -2.38. The normalized spacial score (nSPS) is 12.2. The molecule has 1 unspecified atom stereocenters. The van der Waals surface area contributed by atoms with Crippen LogP contribution in [0.15, 0.2) is 97.1 Å². The minimum absolute atomic E-state index is 0.0227. The lowest BCUT2D eigenvalue weighted by Gasteiger charge is -2.29. The molecule has 55 heavy (non-hydrogen) atoms. The number of allylic oxidation sites excluding steroid dienone is 5. The molecule has 0 bridgehead atoms. The molecule has 0 aliphatic rings. The molecular weight excluding hydrogens is 681 g/mol. The van der Waals surface area contributed by atoms with Crippen molar-refractivity contribution in [2.75, 3.05) is 28.2 Å². The van der Waals surface area contributed by atoms with Gasteiger partial charge >= 0.3 is 0 Å². The molecule has 4 N–H and O–H groups in total. The van der Waals surface area contributed by atoms with Gasteiger partial charge in [-0.25, -0.2) is 0 Å². The summed E-state index contributed by atoms with van der Waals surface area (Å²) in [7, 11) is 7.45. The number of hydrazone groups is 1. The first-order valence-electron chi connectivity index (χ1n) is 19.4. The van der Waals surface area contributed by atoms with Gasteiger partial charge in [0.25, 0.3) is 5.91 Å². The zero-order chi connectivity index (χ0) is 41.6. The minimum Gasteiger partial charge on any atom is -0.393 e. The van der Waals surface area contributed by atoms with Gasteiger partial charge in [0.1, 0.15) is 6.79 Å². The molecule has 1 atom stereocenters. The molecule has 0 spiro atoms. The van der Waals surface area contributed by atoms with Crippen molar-refractivity contribution in [3.8, 4) is 0 Å². The lowest BCUT2D eigenvalue weighted by molar-refractivity contribution is -0.0980. The number of hydrogen-bond acceptors (Lipinski definition) is 7. The van der Waals surface area contributed by atoms with Gasteiger partial charge in [-0.2, -0.15) is 5.10 Å². The molecule has 0 heterocycles. The number of benzene rings is 2. The molecule has 0 saturated carbocycles. The Kier molecular flexibility index (Phi) is 21.8. The van der Waals surface area contributed by atoms with Crippen molar-refractivity contribution >= 4 is 30.6 Å². The van der Waals surface area contributed by atoms with E-state index in [1.807, 2.05) is 72.5 Å². The van der Waals surface area contributed by atoms with Gasteiger partial charge in [0.05, 0.1) is 12.3 Å². The number of nitrogens with zero attached hydrogens (tertiary/aromatic N) is 2. The van der Waals surface area contributed by atoms with Crippen molar-refractivity contribution in [2.24, 2.45) is 5.10 Å². The Morgan fingerprint density at radius 1 is 1.00 bits per heavy atom. The van der Waals surface area contributed by atoms with E-state index in [4.69, 9.17) is 4.79 Å². The van der Waals surface area contributed by atoms with Crippen molar-refractivity contribution < 1.29 is 9.59 Å². The first-order valence-corrected chi connectivity index (χ1v) is 19.4. The van der Waals surface area contributed by atoms with Gasteiger partial charge < -0.3 is 31.1 Å². The fourth-order valence-corrected chi connectivity index (χ4v) is 6.83. The quantitative estimate of drug-likeness (QED) is 0.0370. The second-order valence-corrected chi connectivity index (χ2v) is 14.4. The summed E-state index contributed by atoms with van der Waals surface area (Å²) >= 11 is 0. The number of nitrogens with one attached hydrogen (secondary N) is 4. The zero-order valence-corrected chi connectivity index (χ0v) is 35.5. The number of likely N-dealkylation sites (N-methyl/N-ethyl adjacent to an activating group) is 1. The van der Waals surface area contributed by atoms with Gasteiger partial charge in [0.15, 0.2) is 0 Å². The lowest BCUT2D eigenvalue weighted by atomic mass is 9.89. The molecule has 0 aliphatic heterocycles. The number of aryl methyl sites for hydroxylation is 3. The molecule has 0 fully saturated rings. The summed E-state index contributed by atoms with van der Waals surface area (Å²) in [5.74, 6) is -0.0227. The van der Waals surface area contributed by atoms with Gasteiger partial charge in [-0.05, 0) is 131 Å². The monoisotopic (exact) mass is 751 g/mol. The van der Waals surface area contributed by atoms with Gasteiger partial charge in [-0.3, -0.25) is 4.79 Å². The number of carbonyl (C=O) groups is 2. The van der Waals surface area contributed by atoms with Crippen LogP contribution in [0.3, 0.4) is 0 Å². The summed E-state index contributed by atoms with van der Waals surface area (Å²) < 4.78 is 0. The van der Waals surface area contributed by atoms with Crippen LogP contribution in [0.25, 0.3) is 11.6 Å². The van der Waals surface area contributed by atoms with Gasteiger partial charge in [-0.1, -0.05) is 69.2 Å². The molecule has 8 nitrogen and oxygen atoms in total. The van der Waals surface area contributed by atoms with Crippen LogP contribution in [0.1, 0.15) is 110 Å².